The van der Waals surface area contributed by atoms with Crippen LogP contribution in [-0.4, -0.2) is 10.9 Å². The highest BCUT2D eigenvalue weighted by Gasteiger charge is 2.15. The minimum atomic E-state index is -0.504. The van der Waals surface area contributed by atoms with E-state index >= 15 is 0 Å². The van der Waals surface area contributed by atoms with Gasteiger partial charge in [0.15, 0.2) is 10.0 Å². The van der Waals surface area contributed by atoms with Crippen molar-refractivity contribution in [1.82, 2.24) is 4.98 Å². The SMILES string of the molecule is O=C(Nc1cccc2sc(Cl)nc12)c1cccc2ccc(=O)oc12. The number of fused-ring (bicyclic) bond motifs is 2. The van der Waals surface area contributed by atoms with Crippen LogP contribution in [0, 0.1) is 0 Å². The smallest absolute Gasteiger partial charge is 0.336 e. The lowest BCUT2D eigenvalue weighted by Crippen LogP contribution is -2.13. The summed E-state index contributed by atoms with van der Waals surface area (Å²) in [5, 5.41) is 3.49. The van der Waals surface area contributed by atoms with Crippen molar-refractivity contribution in [2.45, 2.75) is 0 Å². The number of benzene rings is 2. The highest BCUT2D eigenvalue weighted by Crippen LogP contribution is 2.31. The van der Waals surface area contributed by atoms with E-state index in [9.17, 15) is 9.59 Å². The fraction of sp³-hybridized carbons (Fsp3) is 0. The molecule has 4 rings (SSSR count). The van der Waals surface area contributed by atoms with Crippen LogP contribution in [0.15, 0.2) is 57.7 Å². The number of carbonyl (C=O) groups excluding carboxylic acids is 1. The van der Waals surface area contributed by atoms with Gasteiger partial charge in [-0.05, 0) is 24.3 Å². The Kier molecular flexibility index (Phi) is 3.55. The fourth-order valence-corrected chi connectivity index (χ4v) is 3.53. The summed E-state index contributed by atoms with van der Waals surface area (Å²) in [7, 11) is 0. The standard InChI is InChI=1S/C17H9ClN2O3S/c18-17-20-14-11(5-2-6-12(14)24-17)19-16(22)10-4-1-3-9-7-8-13(21)23-15(9)10/h1-8H,(H,19,22). The molecule has 118 valence electrons. The van der Waals surface area contributed by atoms with Crippen LogP contribution in [0.2, 0.25) is 4.47 Å². The fourth-order valence-electron chi connectivity index (χ4n) is 2.48. The summed E-state index contributed by atoms with van der Waals surface area (Å²) < 4.78 is 6.47. The molecular formula is C17H9ClN2O3S. The third kappa shape index (κ3) is 2.55. The molecule has 2 aromatic heterocycles. The lowest BCUT2D eigenvalue weighted by atomic mass is 10.1. The molecule has 0 radical (unpaired) electrons. The van der Waals surface area contributed by atoms with E-state index < -0.39 is 5.63 Å². The Morgan fingerprint density at radius 3 is 2.83 bits per heavy atom. The second kappa shape index (κ2) is 5.74. The Bertz CT molecular complexity index is 1150. The number of nitrogens with one attached hydrogen (secondary N) is 1. The Labute approximate surface area is 144 Å². The molecule has 1 amide bonds. The van der Waals surface area contributed by atoms with Crippen molar-refractivity contribution in [3.05, 3.63) is 69.0 Å². The number of aromatic nitrogens is 1. The number of thiazole rings is 1. The first kappa shape index (κ1) is 14.9. The molecule has 0 aliphatic rings. The van der Waals surface area contributed by atoms with Gasteiger partial charge in [0.2, 0.25) is 0 Å². The minimum Gasteiger partial charge on any atom is -0.422 e. The van der Waals surface area contributed by atoms with Gasteiger partial charge >= 0.3 is 5.63 Å². The van der Waals surface area contributed by atoms with Crippen molar-refractivity contribution >= 4 is 55.7 Å². The number of nitrogens with zero attached hydrogens (tertiary/aromatic N) is 1. The molecule has 2 heterocycles. The van der Waals surface area contributed by atoms with Crippen molar-refractivity contribution < 1.29 is 9.21 Å². The Hall–Kier alpha value is -2.70. The van der Waals surface area contributed by atoms with Gasteiger partial charge < -0.3 is 9.73 Å². The van der Waals surface area contributed by atoms with E-state index in [-0.39, 0.29) is 17.1 Å². The number of anilines is 1. The average Bonchev–Trinajstić information content (AvgIpc) is 2.95. The quantitative estimate of drug-likeness (QED) is 0.543. The van der Waals surface area contributed by atoms with Gasteiger partial charge in [-0.1, -0.05) is 29.8 Å². The highest BCUT2D eigenvalue weighted by molar-refractivity contribution is 7.22. The number of hydrogen-bond donors (Lipinski definition) is 1. The molecule has 7 heteroatoms. The molecule has 2 aromatic carbocycles. The van der Waals surface area contributed by atoms with Crippen LogP contribution >= 0.6 is 22.9 Å². The zero-order chi connectivity index (χ0) is 16.7. The normalized spacial score (nSPS) is 11.0. The van der Waals surface area contributed by atoms with E-state index in [2.05, 4.69) is 10.3 Å². The summed E-state index contributed by atoms with van der Waals surface area (Å²) in [4.78, 5) is 28.4. The van der Waals surface area contributed by atoms with E-state index in [0.29, 0.717) is 21.1 Å². The maximum absolute atomic E-state index is 12.7. The van der Waals surface area contributed by atoms with E-state index in [0.717, 1.165) is 4.70 Å². The molecule has 0 bridgehead atoms. The highest BCUT2D eigenvalue weighted by atomic mass is 35.5. The van der Waals surface area contributed by atoms with Crippen molar-refractivity contribution in [3.63, 3.8) is 0 Å². The maximum atomic E-state index is 12.7. The van der Waals surface area contributed by atoms with Crippen molar-refractivity contribution in [3.8, 4) is 0 Å². The zero-order valence-electron chi connectivity index (χ0n) is 12.1. The molecule has 0 fully saturated rings. The molecule has 0 aliphatic carbocycles. The molecule has 5 nitrogen and oxygen atoms in total. The Balaban J connectivity index is 1.79. The van der Waals surface area contributed by atoms with Crippen molar-refractivity contribution in [2.24, 2.45) is 0 Å². The lowest BCUT2D eigenvalue weighted by Gasteiger charge is -2.07. The third-order valence-corrected chi connectivity index (χ3v) is 4.66. The monoisotopic (exact) mass is 356 g/mol. The van der Waals surface area contributed by atoms with E-state index in [4.69, 9.17) is 16.0 Å². The van der Waals surface area contributed by atoms with E-state index in [1.54, 1.807) is 30.3 Å². The van der Waals surface area contributed by atoms with Crippen LogP contribution in [0.1, 0.15) is 10.4 Å². The van der Waals surface area contributed by atoms with E-state index in [1.165, 1.54) is 17.4 Å². The Morgan fingerprint density at radius 1 is 1.12 bits per heavy atom. The minimum absolute atomic E-state index is 0.256. The summed E-state index contributed by atoms with van der Waals surface area (Å²) in [5.41, 5.74) is 1.21. The molecule has 0 saturated heterocycles. The second-order valence-corrected chi connectivity index (χ2v) is 6.66. The van der Waals surface area contributed by atoms with E-state index in [1.807, 2.05) is 12.1 Å². The number of amides is 1. The summed E-state index contributed by atoms with van der Waals surface area (Å²) in [6.45, 7) is 0. The van der Waals surface area contributed by atoms with Crippen LogP contribution in [0.5, 0.6) is 0 Å². The van der Waals surface area contributed by atoms with Crippen molar-refractivity contribution in [2.75, 3.05) is 5.32 Å². The first-order chi connectivity index (χ1) is 11.6. The second-order valence-electron chi connectivity index (χ2n) is 5.05. The molecule has 0 unspecified atom stereocenters. The molecule has 4 aromatic rings. The van der Waals surface area contributed by atoms with Gasteiger partial charge in [0, 0.05) is 11.5 Å². The summed E-state index contributed by atoms with van der Waals surface area (Å²) in [6, 6.07) is 13.5. The van der Waals surface area contributed by atoms with Gasteiger partial charge in [0.25, 0.3) is 5.91 Å². The molecule has 24 heavy (non-hydrogen) atoms. The van der Waals surface area contributed by atoms with Gasteiger partial charge in [-0.3, -0.25) is 4.79 Å². The molecule has 0 spiro atoms. The predicted molar refractivity (Wildman–Crippen MR) is 95.1 cm³/mol. The van der Waals surface area contributed by atoms with Crippen LogP contribution in [0.25, 0.3) is 21.2 Å². The number of carbonyl (C=O) groups is 1. The molecular weight excluding hydrogens is 348 g/mol. The molecule has 1 N–H and O–H groups in total. The number of halogens is 1. The maximum Gasteiger partial charge on any atom is 0.336 e. The number of hydrogen-bond acceptors (Lipinski definition) is 5. The van der Waals surface area contributed by atoms with Crippen LogP contribution in [0.3, 0.4) is 0 Å². The van der Waals surface area contributed by atoms with Crippen LogP contribution in [0.4, 0.5) is 5.69 Å². The van der Waals surface area contributed by atoms with Crippen molar-refractivity contribution in [1.29, 1.82) is 0 Å². The lowest BCUT2D eigenvalue weighted by molar-refractivity contribution is 0.102. The van der Waals surface area contributed by atoms with Gasteiger partial charge in [-0.25, -0.2) is 9.78 Å². The molecule has 0 atom stereocenters. The Morgan fingerprint density at radius 2 is 1.96 bits per heavy atom. The largest absolute Gasteiger partial charge is 0.422 e. The van der Waals surface area contributed by atoms with Crippen LogP contribution in [-0.2, 0) is 0 Å². The number of rotatable bonds is 2. The third-order valence-electron chi connectivity index (χ3n) is 3.53. The summed E-state index contributed by atoms with van der Waals surface area (Å²) in [6.07, 6.45) is 0. The summed E-state index contributed by atoms with van der Waals surface area (Å²) in [5.74, 6) is -0.383. The van der Waals surface area contributed by atoms with Gasteiger partial charge in [0.1, 0.15) is 5.52 Å². The molecule has 0 aliphatic heterocycles. The topological polar surface area (TPSA) is 72.2 Å². The molecule has 0 saturated carbocycles. The van der Waals surface area contributed by atoms with Gasteiger partial charge in [0.05, 0.1) is 16.0 Å². The predicted octanol–water partition coefficient (Wildman–Crippen LogP) is 4.31. The first-order valence-corrected chi connectivity index (χ1v) is 8.20. The van der Waals surface area contributed by atoms with Gasteiger partial charge in [-0.15, -0.1) is 11.3 Å². The number of para-hydroxylation sites is 2. The summed E-state index contributed by atoms with van der Waals surface area (Å²) >= 11 is 7.29. The van der Waals surface area contributed by atoms with Crippen LogP contribution < -0.4 is 10.9 Å². The average molecular weight is 357 g/mol. The first-order valence-electron chi connectivity index (χ1n) is 7.01. The van der Waals surface area contributed by atoms with Gasteiger partial charge in [-0.2, -0.15) is 0 Å². The zero-order valence-corrected chi connectivity index (χ0v) is 13.6.